The largest absolute Gasteiger partial charge is 0.310 e. The van der Waals surface area contributed by atoms with Crippen LogP contribution in [0.5, 0.6) is 0 Å². The van der Waals surface area contributed by atoms with E-state index in [1.54, 1.807) is 11.1 Å². The van der Waals surface area contributed by atoms with Gasteiger partial charge in [-0.3, -0.25) is 0 Å². The van der Waals surface area contributed by atoms with E-state index in [4.69, 9.17) is 0 Å². The molecule has 7 aromatic carbocycles. The van der Waals surface area contributed by atoms with E-state index in [1.165, 1.54) is 126 Å². The molecule has 0 radical (unpaired) electrons. The minimum atomic E-state index is -0.0851. The Hall–Kier alpha value is -5.66. The van der Waals surface area contributed by atoms with Crippen LogP contribution in [0.25, 0.3) is 44.5 Å². The molecule has 0 aliphatic heterocycles. The highest BCUT2D eigenvalue weighted by Crippen LogP contribution is 2.51. The van der Waals surface area contributed by atoms with Crippen molar-refractivity contribution in [2.24, 2.45) is 0 Å². The lowest BCUT2D eigenvalue weighted by Crippen LogP contribution is -2.16. The van der Waals surface area contributed by atoms with Crippen LogP contribution in [0.1, 0.15) is 112 Å². The second kappa shape index (κ2) is 15.6. The smallest absolute Gasteiger partial charge is 0.0467 e. The number of nitrogens with zero attached hydrogens (tertiary/aromatic N) is 1. The van der Waals surface area contributed by atoms with Gasteiger partial charge in [0.15, 0.2) is 0 Å². The molecule has 0 saturated heterocycles. The van der Waals surface area contributed by atoms with Crippen LogP contribution in [0.3, 0.4) is 0 Å². The first-order valence-corrected chi connectivity index (χ1v) is 22.1. The maximum Gasteiger partial charge on any atom is 0.0467 e. The van der Waals surface area contributed by atoms with Gasteiger partial charge in [0.1, 0.15) is 0 Å². The van der Waals surface area contributed by atoms with Crippen LogP contribution in [-0.2, 0) is 5.41 Å². The lowest BCUT2D eigenvalue weighted by Gasteiger charge is -2.28. The molecule has 0 N–H and O–H groups in total. The van der Waals surface area contributed by atoms with Gasteiger partial charge in [-0.1, -0.05) is 174 Å². The van der Waals surface area contributed by atoms with Gasteiger partial charge in [-0.15, -0.1) is 0 Å². The summed E-state index contributed by atoms with van der Waals surface area (Å²) in [5.74, 6) is 1.39. The molecule has 0 atom stereocenters. The van der Waals surface area contributed by atoms with Crippen LogP contribution in [0.15, 0.2) is 164 Å². The van der Waals surface area contributed by atoms with E-state index < -0.39 is 0 Å². The van der Waals surface area contributed by atoms with Crippen molar-refractivity contribution in [2.45, 2.75) is 95.3 Å². The first-order chi connectivity index (χ1) is 28.5. The molecule has 1 heteroatoms. The molecule has 7 aromatic rings. The zero-order valence-electron chi connectivity index (χ0n) is 34.3. The number of hydrogen-bond donors (Lipinski definition) is 0. The first kappa shape index (κ1) is 36.7. The summed E-state index contributed by atoms with van der Waals surface area (Å²) in [7, 11) is 0. The van der Waals surface area contributed by atoms with E-state index in [9.17, 15) is 0 Å². The van der Waals surface area contributed by atoms with Crippen LogP contribution in [0.2, 0.25) is 0 Å². The van der Waals surface area contributed by atoms with E-state index in [0.29, 0.717) is 11.8 Å². The van der Waals surface area contributed by atoms with Crippen LogP contribution in [-0.4, -0.2) is 0 Å². The van der Waals surface area contributed by atoms with Gasteiger partial charge in [-0.2, -0.15) is 0 Å². The minimum Gasteiger partial charge on any atom is -0.310 e. The fraction of sp³-hybridized carbons (Fsp3) is 0.263. The van der Waals surface area contributed by atoms with Crippen molar-refractivity contribution in [3.8, 4) is 44.5 Å². The van der Waals surface area contributed by atoms with Gasteiger partial charge >= 0.3 is 0 Å². The van der Waals surface area contributed by atoms with Crippen LogP contribution in [0.4, 0.5) is 17.1 Å². The highest BCUT2D eigenvalue weighted by Gasteiger charge is 2.35. The summed E-state index contributed by atoms with van der Waals surface area (Å²) in [5, 5.41) is 0. The molecule has 0 bridgehead atoms. The molecule has 2 saturated carbocycles. The summed E-state index contributed by atoms with van der Waals surface area (Å²) in [6.45, 7) is 4.74. The monoisotopic (exact) mass is 753 g/mol. The zero-order valence-corrected chi connectivity index (χ0v) is 34.3. The molecule has 0 aromatic heterocycles. The predicted octanol–water partition coefficient (Wildman–Crippen LogP) is 16.6. The van der Waals surface area contributed by atoms with E-state index in [2.05, 4.69) is 183 Å². The molecule has 0 heterocycles. The van der Waals surface area contributed by atoms with Crippen molar-refractivity contribution < 1.29 is 0 Å². The summed E-state index contributed by atoms with van der Waals surface area (Å²) < 4.78 is 0. The van der Waals surface area contributed by atoms with Crippen molar-refractivity contribution in [3.63, 3.8) is 0 Å². The maximum absolute atomic E-state index is 2.61. The normalized spacial score (nSPS) is 16.4. The maximum atomic E-state index is 2.61. The Kier molecular flexibility index (Phi) is 9.86. The minimum absolute atomic E-state index is 0.0851. The van der Waals surface area contributed by atoms with E-state index in [-0.39, 0.29) is 5.41 Å². The summed E-state index contributed by atoms with van der Waals surface area (Å²) in [6.07, 6.45) is 13.6. The fourth-order valence-electron chi connectivity index (χ4n) is 10.6. The second-order valence-corrected chi connectivity index (χ2v) is 17.8. The Balaban J connectivity index is 1.05. The SMILES string of the molecule is CC1(C)c2ccccc2-c2ccc(N(c3ccc(-c4ccccc4)cc3)c3cccc(-c4cccc(-c5cc(C6CCCCC6)cc(C6CCCCC6)c5)c4)c3)cc21. The average molecular weight is 754 g/mol. The van der Waals surface area contributed by atoms with Gasteiger partial charge in [0.05, 0.1) is 0 Å². The Morgan fingerprint density at radius 1 is 0.362 bits per heavy atom. The molecule has 0 amide bonds. The molecule has 288 valence electrons. The highest BCUT2D eigenvalue weighted by atomic mass is 15.1. The average Bonchev–Trinajstić information content (AvgIpc) is 3.53. The Labute approximate surface area is 346 Å². The zero-order chi connectivity index (χ0) is 39.1. The molecule has 3 aliphatic rings. The van der Waals surface area contributed by atoms with Crippen molar-refractivity contribution in [1.29, 1.82) is 0 Å². The lowest BCUT2D eigenvalue weighted by molar-refractivity contribution is 0.435. The molecule has 1 nitrogen and oxygen atoms in total. The molecule has 10 rings (SSSR count). The molecular formula is C57H55N. The molecule has 58 heavy (non-hydrogen) atoms. The number of fused-ring (bicyclic) bond motifs is 3. The third-order valence-corrected chi connectivity index (χ3v) is 13.8. The number of hydrogen-bond acceptors (Lipinski definition) is 1. The van der Waals surface area contributed by atoms with Crippen LogP contribution >= 0.6 is 0 Å². The quantitative estimate of drug-likeness (QED) is 0.149. The second-order valence-electron chi connectivity index (χ2n) is 17.8. The van der Waals surface area contributed by atoms with Gasteiger partial charge in [0.25, 0.3) is 0 Å². The third-order valence-electron chi connectivity index (χ3n) is 13.8. The van der Waals surface area contributed by atoms with Crippen molar-refractivity contribution in [2.75, 3.05) is 4.90 Å². The van der Waals surface area contributed by atoms with E-state index >= 15 is 0 Å². The molecule has 3 aliphatic carbocycles. The standard InChI is InChI=1S/C57H55N/c1-57(2)55-27-13-12-26-53(55)54-33-32-52(39-56(54)57)58(50-30-28-43(29-31-50)40-16-6-3-7-17-40)51-25-15-24-46(38-51)44-22-14-23-45(34-44)49-36-47(41-18-8-4-9-19-41)35-48(37-49)42-20-10-5-11-21-42/h3,6-7,12-17,22-39,41-42H,4-5,8-11,18-21H2,1-2H3. The van der Waals surface area contributed by atoms with Crippen LogP contribution in [0, 0.1) is 0 Å². The van der Waals surface area contributed by atoms with Gasteiger partial charge in [-0.25, -0.2) is 0 Å². The van der Waals surface area contributed by atoms with Gasteiger partial charge in [0, 0.05) is 22.5 Å². The Bertz CT molecular complexity index is 2510. The third kappa shape index (κ3) is 7.00. The summed E-state index contributed by atoms with van der Waals surface area (Å²) in [5.41, 5.74) is 19.7. The van der Waals surface area contributed by atoms with Gasteiger partial charge < -0.3 is 4.90 Å². The van der Waals surface area contributed by atoms with Crippen LogP contribution < -0.4 is 4.90 Å². The molecule has 0 unspecified atom stereocenters. The number of benzene rings is 7. The summed E-state index contributed by atoms with van der Waals surface area (Å²) in [6, 6.07) is 62.1. The molecular weight excluding hydrogens is 699 g/mol. The summed E-state index contributed by atoms with van der Waals surface area (Å²) >= 11 is 0. The highest BCUT2D eigenvalue weighted by molar-refractivity contribution is 5.87. The molecule has 0 spiro atoms. The van der Waals surface area contributed by atoms with E-state index in [0.717, 1.165) is 11.4 Å². The van der Waals surface area contributed by atoms with Gasteiger partial charge in [-0.05, 0) is 147 Å². The summed E-state index contributed by atoms with van der Waals surface area (Å²) in [4.78, 5) is 2.45. The Morgan fingerprint density at radius 2 is 0.879 bits per heavy atom. The van der Waals surface area contributed by atoms with E-state index in [1.807, 2.05) is 0 Å². The Morgan fingerprint density at radius 3 is 1.57 bits per heavy atom. The topological polar surface area (TPSA) is 3.24 Å². The van der Waals surface area contributed by atoms with Crippen molar-refractivity contribution >= 4 is 17.1 Å². The first-order valence-electron chi connectivity index (χ1n) is 22.1. The number of anilines is 3. The van der Waals surface area contributed by atoms with Gasteiger partial charge in [0.2, 0.25) is 0 Å². The fourth-order valence-corrected chi connectivity index (χ4v) is 10.6. The molecule has 2 fully saturated rings. The van der Waals surface area contributed by atoms with Crippen molar-refractivity contribution in [3.05, 3.63) is 186 Å². The lowest BCUT2D eigenvalue weighted by atomic mass is 9.78. The predicted molar refractivity (Wildman–Crippen MR) is 247 cm³/mol. The number of rotatable bonds is 8. The van der Waals surface area contributed by atoms with Crippen molar-refractivity contribution in [1.82, 2.24) is 0 Å².